The van der Waals surface area contributed by atoms with Crippen molar-refractivity contribution >= 4 is 50.9 Å². The quantitative estimate of drug-likeness (QED) is 0.381. The minimum absolute atomic E-state index is 0.0261. The molecule has 0 bridgehead atoms. The van der Waals surface area contributed by atoms with Crippen LogP contribution in [0.4, 0.5) is 4.79 Å². The first kappa shape index (κ1) is 27.5. The first-order valence-electron chi connectivity index (χ1n) is 11.8. The number of imide groups is 1. The molecule has 2 aromatic rings. The van der Waals surface area contributed by atoms with E-state index in [1.165, 1.54) is 29.6 Å². The standard InChI is InChI=1S/C25H26N4O7S2/c1-36-24(32)19-6-2-3-7-21(19)38(34,35)28-12-8-18(9-13-28)22(30)27-11-14-29-23(31)20(37-25(29)33)15-17-5-4-10-26-16-17/h2-7,10,15-16,18H,8-9,11-14H2,1H3,(H,27,30). The van der Waals surface area contributed by atoms with E-state index in [-0.39, 0.29) is 47.5 Å². The van der Waals surface area contributed by atoms with Crippen LogP contribution in [-0.4, -0.2) is 78.9 Å². The highest BCUT2D eigenvalue weighted by Crippen LogP contribution is 2.32. The highest BCUT2D eigenvalue weighted by molar-refractivity contribution is 8.18. The summed E-state index contributed by atoms with van der Waals surface area (Å²) < 4.78 is 32.3. The number of nitrogens with zero attached hydrogens (tertiary/aromatic N) is 3. The lowest BCUT2D eigenvalue weighted by atomic mass is 9.97. The number of carbonyl (C=O) groups is 4. The summed E-state index contributed by atoms with van der Waals surface area (Å²) in [6.07, 6.45) is 5.38. The Bertz CT molecular complexity index is 1370. The molecule has 38 heavy (non-hydrogen) atoms. The van der Waals surface area contributed by atoms with Gasteiger partial charge in [0.2, 0.25) is 15.9 Å². The van der Waals surface area contributed by atoms with Crippen LogP contribution >= 0.6 is 11.8 Å². The van der Waals surface area contributed by atoms with Crippen molar-refractivity contribution in [2.24, 2.45) is 5.92 Å². The number of esters is 1. The Kier molecular flexibility index (Phi) is 8.59. The average molecular weight is 559 g/mol. The fourth-order valence-electron chi connectivity index (χ4n) is 4.21. The van der Waals surface area contributed by atoms with Gasteiger partial charge in [-0.25, -0.2) is 13.2 Å². The number of piperidine rings is 1. The fraction of sp³-hybridized carbons (Fsp3) is 0.320. The molecule has 1 aromatic heterocycles. The number of carbonyl (C=O) groups excluding carboxylic acids is 4. The zero-order valence-corrected chi connectivity index (χ0v) is 22.2. The molecular formula is C25H26N4O7S2. The first-order chi connectivity index (χ1) is 18.2. The second-order valence-electron chi connectivity index (χ2n) is 8.58. The van der Waals surface area contributed by atoms with Crippen LogP contribution < -0.4 is 5.32 Å². The summed E-state index contributed by atoms with van der Waals surface area (Å²) in [6.45, 7) is 0.330. The third-order valence-corrected chi connectivity index (χ3v) is 9.09. The molecule has 0 radical (unpaired) electrons. The maximum atomic E-state index is 13.2. The van der Waals surface area contributed by atoms with E-state index in [9.17, 15) is 27.6 Å². The Hall–Kier alpha value is -3.55. The minimum Gasteiger partial charge on any atom is -0.465 e. The van der Waals surface area contributed by atoms with Crippen LogP contribution in [0.2, 0.25) is 0 Å². The smallest absolute Gasteiger partial charge is 0.339 e. The number of aromatic nitrogens is 1. The first-order valence-corrected chi connectivity index (χ1v) is 14.1. The summed E-state index contributed by atoms with van der Waals surface area (Å²) in [5.41, 5.74) is 0.658. The second kappa shape index (κ2) is 11.9. The molecule has 4 rings (SSSR count). The third-order valence-electron chi connectivity index (χ3n) is 6.23. The predicted molar refractivity (Wildman–Crippen MR) is 139 cm³/mol. The summed E-state index contributed by atoms with van der Waals surface area (Å²) in [4.78, 5) is 54.9. The summed E-state index contributed by atoms with van der Waals surface area (Å²) in [5.74, 6) is -1.86. The van der Waals surface area contributed by atoms with E-state index < -0.39 is 33.1 Å². The summed E-state index contributed by atoms with van der Waals surface area (Å²) in [6, 6.07) is 9.34. The maximum absolute atomic E-state index is 13.2. The molecular weight excluding hydrogens is 532 g/mol. The number of nitrogens with one attached hydrogen (secondary N) is 1. The van der Waals surface area contributed by atoms with Gasteiger partial charge in [0.15, 0.2) is 0 Å². The van der Waals surface area contributed by atoms with E-state index in [4.69, 9.17) is 4.74 Å². The largest absolute Gasteiger partial charge is 0.465 e. The summed E-state index contributed by atoms with van der Waals surface area (Å²) in [7, 11) is -2.77. The zero-order chi connectivity index (χ0) is 27.3. The molecule has 1 aromatic carbocycles. The van der Waals surface area contributed by atoms with E-state index in [0.717, 1.165) is 16.7 Å². The van der Waals surface area contributed by atoms with E-state index >= 15 is 0 Å². The van der Waals surface area contributed by atoms with Crippen molar-refractivity contribution in [2.75, 3.05) is 33.3 Å². The monoisotopic (exact) mass is 558 g/mol. The van der Waals surface area contributed by atoms with Gasteiger partial charge >= 0.3 is 5.97 Å². The van der Waals surface area contributed by atoms with Crippen molar-refractivity contribution in [2.45, 2.75) is 17.7 Å². The van der Waals surface area contributed by atoms with Crippen LogP contribution in [-0.2, 0) is 24.3 Å². The van der Waals surface area contributed by atoms with Crippen molar-refractivity contribution in [3.63, 3.8) is 0 Å². The Labute approximate surface area is 224 Å². The van der Waals surface area contributed by atoms with E-state index in [1.807, 2.05) is 0 Å². The molecule has 2 aliphatic heterocycles. The predicted octanol–water partition coefficient (Wildman–Crippen LogP) is 2.12. The van der Waals surface area contributed by atoms with Crippen LogP contribution in [0.25, 0.3) is 6.08 Å². The van der Waals surface area contributed by atoms with Crippen LogP contribution in [0.15, 0.2) is 58.6 Å². The maximum Gasteiger partial charge on any atom is 0.339 e. The summed E-state index contributed by atoms with van der Waals surface area (Å²) in [5, 5.41) is 2.34. The number of rotatable bonds is 8. The third kappa shape index (κ3) is 5.95. The molecule has 0 saturated carbocycles. The Balaban J connectivity index is 1.29. The van der Waals surface area contributed by atoms with Gasteiger partial charge in [0.05, 0.1) is 22.5 Å². The minimum atomic E-state index is -3.96. The number of sulfonamides is 1. The van der Waals surface area contributed by atoms with Gasteiger partial charge in [0, 0.05) is 44.5 Å². The highest BCUT2D eigenvalue weighted by atomic mass is 32.2. The number of ether oxygens (including phenoxy) is 1. The number of benzene rings is 1. The molecule has 2 aliphatic rings. The second-order valence-corrected chi connectivity index (χ2v) is 11.5. The van der Waals surface area contributed by atoms with Gasteiger partial charge in [-0.15, -0.1) is 0 Å². The molecule has 0 spiro atoms. The average Bonchev–Trinajstić information content (AvgIpc) is 3.20. The molecule has 3 amide bonds. The molecule has 11 nitrogen and oxygen atoms in total. The molecule has 200 valence electrons. The number of hydrogen-bond acceptors (Lipinski definition) is 9. The lowest BCUT2D eigenvalue weighted by Gasteiger charge is -2.31. The highest BCUT2D eigenvalue weighted by Gasteiger charge is 2.36. The fourth-order valence-corrected chi connectivity index (χ4v) is 6.72. The van der Waals surface area contributed by atoms with Crippen molar-refractivity contribution in [3.8, 4) is 0 Å². The summed E-state index contributed by atoms with van der Waals surface area (Å²) >= 11 is 0.835. The van der Waals surface area contributed by atoms with Gasteiger partial charge < -0.3 is 10.1 Å². The topological polar surface area (TPSA) is 143 Å². The lowest BCUT2D eigenvalue weighted by molar-refractivity contribution is -0.127. The van der Waals surface area contributed by atoms with E-state index in [1.54, 1.807) is 36.7 Å². The molecule has 2 fully saturated rings. The molecule has 1 N–H and O–H groups in total. The zero-order valence-electron chi connectivity index (χ0n) is 20.5. The van der Waals surface area contributed by atoms with Crippen LogP contribution in [0, 0.1) is 5.92 Å². The molecule has 0 atom stereocenters. The molecule has 0 unspecified atom stereocenters. The van der Waals surface area contributed by atoms with Crippen molar-refractivity contribution in [3.05, 3.63) is 64.8 Å². The van der Waals surface area contributed by atoms with Gasteiger partial charge in [-0.3, -0.25) is 24.3 Å². The molecule has 13 heteroatoms. The molecule has 2 saturated heterocycles. The van der Waals surface area contributed by atoms with Gasteiger partial charge in [-0.05, 0) is 54.4 Å². The number of pyridine rings is 1. The number of amides is 3. The SMILES string of the molecule is COC(=O)c1ccccc1S(=O)(=O)N1CCC(C(=O)NCCN2C(=O)SC(=Cc3cccnc3)C2=O)CC1. The van der Waals surface area contributed by atoms with Gasteiger partial charge in [0.25, 0.3) is 11.1 Å². The van der Waals surface area contributed by atoms with Crippen LogP contribution in [0.3, 0.4) is 0 Å². The van der Waals surface area contributed by atoms with Gasteiger partial charge in [0.1, 0.15) is 0 Å². The van der Waals surface area contributed by atoms with E-state index in [2.05, 4.69) is 10.3 Å². The molecule has 3 heterocycles. The van der Waals surface area contributed by atoms with Crippen molar-refractivity contribution in [1.29, 1.82) is 0 Å². The van der Waals surface area contributed by atoms with Crippen LogP contribution in [0.5, 0.6) is 0 Å². The number of thioether (sulfide) groups is 1. The molecule has 0 aliphatic carbocycles. The number of methoxy groups -OCH3 is 1. The van der Waals surface area contributed by atoms with Crippen molar-refractivity contribution in [1.82, 2.24) is 19.5 Å². The van der Waals surface area contributed by atoms with E-state index in [0.29, 0.717) is 18.4 Å². The Morgan fingerprint density at radius 2 is 1.89 bits per heavy atom. The van der Waals surface area contributed by atoms with Gasteiger partial charge in [-0.1, -0.05) is 18.2 Å². The van der Waals surface area contributed by atoms with Gasteiger partial charge in [-0.2, -0.15) is 4.31 Å². The Morgan fingerprint density at radius 3 is 2.58 bits per heavy atom. The Morgan fingerprint density at radius 1 is 1.16 bits per heavy atom. The lowest BCUT2D eigenvalue weighted by Crippen LogP contribution is -2.44. The number of hydrogen-bond donors (Lipinski definition) is 1. The van der Waals surface area contributed by atoms with Crippen molar-refractivity contribution < 1.29 is 32.3 Å². The van der Waals surface area contributed by atoms with Crippen LogP contribution in [0.1, 0.15) is 28.8 Å². The normalized spacial score (nSPS) is 18.1.